The number of amides is 1. The Morgan fingerprint density at radius 1 is 1.24 bits per heavy atom. The quantitative estimate of drug-likeness (QED) is 0.465. The number of carbonyl (C=O) groups excluding carboxylic acids is 1. The van der Waals surface area contributed by atoms with Crippen molar-refractivity contribution >= 4 is 43.6 Å². The summed E-state index contributed by atoms with van der Waals surface area (Å²) < 4.78 is 33.2. The topological polar surface area (TPSA) is 128 Å². The van der Waals surface area contributed by atoms with Gasteiger partial charge in [0.25, 0.3) is 10.0 Å². The number of imidazole rings is 1. The van der Waals surface area contributed by atoms with Crippen LogP contribution in [-0.4, -0.2) is 39.5 Å². The number of pyridine rings is 1. The van der Waals surface area contributed by atoms with Crippen LogP contribution in [0.5, 0.6) is 0 Å². The molecule has 0 saturated heterocycles. The first-order chi connectivity index (χ1) is 17.5. The minimum absolute atomic E-state index is 0.0405. The first-order valence-electron chi connectivity index (χ1n) is 12.8. The predicted molar refractivity (Wildman–Crippen MR) is 150 cm³/mol. The lowest BCUT2D eigenvalue weighted by atomic mass is 9.69. The Balaban J connectivity index is 1.62. The van der Waals surface area contributed by atoms with Crippen molar-refractivity contribution in [1.82, 2.24) is 23.8 Å². The number of fused-ring (bicyclic) bond motifs is 1. The third kappa shape index (κ3) is 5.72. The molecule has 1 aliphatic rings. The Morgan fingerprint density at radius 3 is 2.55 bits per heavy atom. The van der Waals surface area contributed by atoms with Crippen LogP contribution in [0.2, 0.25) is 0 Å². The summed E-state index contributed by atoms with van der Waals surface area (Å²) in [7, 11) is -2.11. The van der Waals surface area contributed by atoms with E-state index in [1.54, 1.807) is 23.1 Å². The lowest BCUT2D eigenvalue weighted by molar-refractivity contribution is -0.114. The number of hydrogen-bond donors (Lipinski definition) is 2. The molecule has 208 valence electrons. The van der Waals surface area contributed by atoms with Gasteiger partial charge >= 0.3 is 5.69 Å². The van der Waals surface area contributed by atoms with E-state index in [1.165, 1.54) is 6.92 Å². The highest BCUT2D eigenvalue weighted by atomic mass is 32.2. The summed E-state index contributed by atoms with van der Waals surface area (Å²) in [6.45, 7) is 14.0. The molecule has 1 amide bonds. The van der Waals surface area contributed by atoms with E-state index in [0.717, 1.165) is 35.4 Å². The summed E-state index contributed by atoms with van der Waals surface area (Å²) in [5.74, 6) is -0.263. The summed E-state index contributed by atoms with van der Waals surface area (Å²) >= 11 is 0.951. The molecule has 0 bridgehead atoms. The molecular weight excluding hydrogens is 524 g/mol. The number of thiazole rings is 1. The second-order valence-electron chi connectivity index (χ2n) is 12.3. The Labute approximate surface area is 227 Å². The highest BCUT2D eigenvalue weighted by molar-refractivity contribution is 7.91. The van der Waals surface area contributed by atoms with Gasteiger partial charge in [0.15, 0.2) is 15.0 Å². The number of rotatable bonds is 6. The Bertz CT molecular complexity index is 1540. The van der Waals surface area contributed by atoms with Crippen LogP contribution < -0.4 is 15.7 Å². The van der Waals surface area contributed by atoms with Crippen LogP contribution in [0.15, 0.2) is 21.1 Å². The zero-order valence-electron chi connectivity index (χ0n) is 23.4. The molecule has 2 N–H and O–H groups in total. The van der Waals surface area contributed by atoms with E-state index in [-0.39, 0.29) is 43.7 Å². The van der Waals surface area contributed by atoms with E-state index in [0.29, 0.717) is 24.3 Å². The molecule has 1 aliphatic carbocycles. The first-order valence-corrected chi connectivity index (χ1v) is 15.1. The van der Waals surface area contributed by atoms with Gasteiger partial charge in [0, 0.05) is 38.2 Å². The number of aromatic nitrogens is 4. The Kier molecular flexibility index (Phi) is 7.39. The fraction of sp³-hybridized carbons (Fsp3) is 0.615. The molecule has 2 unspecified atom stereocenters. The molecule has 38 heavy (non-hydrogen) atoms. The van der Waals surface area contributed by atoms with Gasteiger partial charge in [-0.05, 0) is 49.1 Å². The van der Waals surface area contributed by atoms with E-state index >= 15 is 0 Å². The lowest BCUT2D eigenvalue weighted by Crippen LogP contribution is -2.48. The number of hydrogen-bond acceptors (Lipinski definition) is 7. The van der Waals surface area contributed by atoms with Gasteiger partial charge in [0.05, 0.1) is 11.2 Å². The van der Waals surface area contributed by atoms with Crippen LogP contribution in [-0.2, 0) is 28.4 Å². The van der Waals surface area contributed by atoms with Gasteiger partial charge < -0.3 is 5.32 Å². The van der Waals surface area contributed by atoms with Gasteiger partial charge in [-0.15, -0.1) is 0 Å². The number of anilines is 1. The standard InChI is InChI=1S/C26H38N6O4S2/c1-15-22(37-23(27-15)28-16(2)33)38(35,36)30-20-13-17(11-12-26(20,6)7)18-9-10-19-21(29-18)31(8)24(34)32(19)14-25(3,4)5/h9-10,17,20,30H,11-14H2,1-8H3,(H,27,28,33). The van der Waals surface area contributed by atoms with Gasteiger partial charge in [0.2, 0.25) is 5.91 Å². The zero-order valence-corrected chi connectivity index (χ0v) is 25.0. The third-order valence-electron chi connectivity index (χ3n) is 7.23. The number of carbonyl (C=O) groups is 1. The molecule has 3 aromatic heterocycles. The lowest BCUT2D eigenvalue weighted by Gasteiger charge is -2.42. The van der Waals surface area contributed by atoms with Crippen LogP contribution in [0.3, 0.4) is 0 Å². The zero-order chi connectivity index (χ0) is 28.2. The van der Waals surface area contributed by atoms with Crippen molar-refractivity contribution in [3.05, 3.63) is 34.0 Å². The maximum absolute atomic E-state index is 13.4. The van der Waals surface area contributed by atoms with Crippen molar-refractivity contribution in [2.75, 3.05) is 5.32 Å². The number of sulfonamides is 1. The van der Waals surface area contributed by atoms with Crippen LogP contribution >= 0.6 is 11.3 Å². The highest BCUT2D eigenvalue weighted by Crippen LogP contribution is 2.43. The average molecular weight is 563 g/mol. The molecule has 1 saturated carbocycles. The largest absolute Gasteiger partial charge is 0.330 e. The molecule has 1 fully saturated rings. The predicted octanol–water partition coefficient (Wildman–Crippen LogP) is 4.15. The molecule has 0 aliphatic heterocycles. The molecule has 12 heteroatoms. The van der Waals surface area contributed by atoms with E-state index < -0.39 is 10.0 Å². The monoisotopic (exact) mass is 562 g/mol. The minimum atomic E-state index is -3.86. The Hall–Kier alpha value is -2.57. The van der Waals surface area contributed by atoms with Crippen molar-refractivity contribution < 1.29 is 13.2 Å². The molecule has 10 nitrogen and oxygen atoms in total. The first kappa shape index (κ1) is 28.4. The smallest absolute Gasteiger partial charge is 0.302 e. The fourth-order valence-corrected chi connectivity index (χ4v) is 8.03. The average Bonchev–Trinajstić information content (AvgIpc) is 3.26. The van der Waals surface area contributed by atoms with Crippen molar-refractivity contribution in [1.29, 1.82) is 0 Å². The van der Waals surface area contributed by atoms with Gasteiger partial charge in [-0.3, -0.25) is 13.9 Å². The molecule has 3 aromatic rings. The molecule has 3 heterocycles. The molecule has 2 atom stereocenters. The van der Waals surface area contributed by atoms with E-state index in [1.807, 2.05) is 12.1 Å². The van der Waals surface area contributed by atoms with Crippen molar-refractivity contribution in [3.8, 4) is 0 Å². The van der Waals surface area contributed by atoms with Gasteiger partial charge in [-0.25, -0.2) is 27.9 Å². The summed E-state index contributed by atoms with van der Waals surface area (Å²) in [6.07, 6.45) is 2.26. The van der Waals surface area contributed by atoms with Crippen LogP contribution in [0, 0.1) is 17.8 Å². The van der Waals surface area contributed by atoms with Crippen molar-refractivity contribution in [3.63, 3.8) is 0 Å². The third-order valence-corrected chi connectivity index (χ3v) is 10.4. The summed E-state index contributed by atoms with van der Waals surface area (Å²) in [6, 6.07) is 3.61. The fourth-order valence-electron chi connectivity index (χ4n) is 5.14. The van der Waals surface area contributed by atoms with Gasteiger partial charge in [-0.2, -0.15) is 0 Å². The second-order valence-corrected chi connectivity index (χ2v) is 15.2. The van der Waals surface area contributed by atoms with Gasteiger partial charge in [0.1, 0.15) is 0 Å². The van der Waals surface area contributed by atoms with Crippen molar-refractivity contribution in [2.24, 2.45) is 17.9 Å². The molecule has 4 rings (SSSR count). The molecule has 0 aromatic carbocycles. The summed E-state index contributed by atoms with van der Waals surface area (Å²) in [5, 5.41) is 2.83. The highest BCUT2D eigenvalue weighted by Gasteiger charge is 2.40. The minimum Gasteiger partial charge on any atom is -0.302 e. The van der Waals surface area contributed by atoms with Crippen molar-refractivity contribution in [2.45, 2.75) is 90.4 Å². The van der Waals surface area contributed by atoms with Crippen LogP contribution in [0.1, 0.15) is 78.1 Å². The normalized spacial score (nSPS) is 20.1. The van der Waals surface area contributed by atoms with Crippen LogP contribution in [0.25, 0.3) is 11.2 Å². The van der Waals surface area contributed by atoms with E-state index in [9.17, 15) is 18.0 Å². The number of nitrogens with zero attached hydrogens (tertiary/aromatic N) is 4. The van der Waals surface area contributed by atoms with Crippen LogP contribution in [0.4, 0.5) is 5.13 Å². The number of nitrogens with one attached hydrogen (secondary N) is 2. The SMILES string of the molecule is CC(=O)Nc1nc(C)c(S(=O)(=O)NC2CC(c3ccc4c(n3)n(C)c(=O)n4CC(C)(C)C)CCC2(C)C)s1. The maximum Gasteiger partial charge on any atom is 0.330 e. The number of aryl methyl sites for hydroxylation is 2. The van der Waals surface area contributed by atoms with E-state index in [4.69, 9.17) is 4.98 Å². The summed E-state index contributed by atoms with van der Waals surface area (Å²) in [4.78, 5) is 33.5. The second kappa shape index (κ2) is 9.87. The molecule has 0 spiro atoms. The van der Waals surface area contributed by atoms with Gasteiger partial charge in [-0.1, -0.05) is 46.0 Å². The summed E-state index contributed by atoms with van der Waals surface area (Å²) in [5.41, 5.74) is 2.25. The maximum atomic E-state index is 13.4. The molecular formula is C26H38N6O4S2. The molecule has 0 radical (unpaired) electrons. The van der Waals surface area contributed by atoms with E-state index in [2.05, 4.69) is 49.6 Å². The Morgan fingerprint density at radius 2 is 1.92 bits per heavy atom.